The maximum atomic E-state index is 12.7. The summed E-state index contributed by atoms with van der Waals surface area (Å²) in [6.07, 6.45) is 2.64. The number of pyridine rings is 1. The molecule has 1 aromatic rings. The fraction of sp³-hybridized carbons (Fsp3) is 0.556. The third kappa shape index (κ3) is 3.11. The van der Waals surface area contributed by atoms with Gasteiger partial charge in [-0.2, -0.15) is 0 Å². The van der Waals surface area contributed by atoms with Gasteiger partial charge in [-0.05, 0) is 18.9 Å². The number of ether oxygens (including phenoxy) is 2. The Bertz CT molecular complexity index is 705. The van der Waals surface area contributed by atoms with E-state index in [9.17, 15) is 14.4 Å². The van der Waals surface area contributed by atoms with E-state index < -0.39 is 0 Å². The van der Waals surface area contributed by atoms with Gasteiger partial charge < -0.3 is 19.3 Å². The van der Waals surface area contributed by atoms with Gasteiger partial charge in [-0.25, -0.2) is 4.98 Å². The Hall–Kier alpha value is -2.64. The second kappa shape index (κ2) is 7.31. The molecule has 0 spiro atoms. The number of fused-ring (bicyclic) bond motifs is 1. The first-order valence-electron chi connectivity index (χ1n) is 8.68. The molecule has 2 saturated heterocycles. The molecule has 8 nitrogen and oxygen atoms in total. The maximum absolute atomic E-state index is 12.7. The Morgan fingerprint density at radius 2 is 2.08 bits per heavy atom. The second-order valence-corrected chi connectivity index (χ2v) is 6.57. The van der Waals surface area contributed by atoms with Gasteiger partial charge in [0.1, 0.15) is 6.54 Å². The molecule has 0 N–H and O–H groups in total. The lowest BCUT2D eigenvalue weighted by Crippen LogP contribution is -2.57. The third-order valence-electron chi connectivity index (χ3n) is 5.19. The van der Waals surface area contributed by atoms with Crippen molar-refractivity contribution in [3.8, 4) is 5.88 Å². The zero-order valence-corrected chi connectivity index (χ0v) is 15.2. The molecule has 140 valence electrons. The van der Waals surface area contributed by atoms with Gasteiger partial charge in [0.15, 0.2) is 0 Å². The van der Waals surface area contributed by atoms with E-state index in [1.807, 2.05) is 6.92 Å². The number of esters is 1. The van der Waals surface area contributed by atoms with Gasteiger partial charge in [0.25, 0.3) is 5.91 Å². The van der Waals surface area contributed by atoms with Crippen LogP contribution in [0.3, 0.4) is 0 Å². The average molecular weight is 361 g/mol. The molecule has 3 atom stereocenters. The Kier molecular flexibility index (Phi) is 5.11. The summed E-state index contributed by atoms with van der Waals surface area (Å²) >= 11 is 0. The van der Waals surface area contributed by atoms with Crippen LogP contribution in [0.15, 0.2) is 18.3 Å². The SMILES string of the molecule is CC[C@H]1[C@@H](C(=O)OC)C[C@H]2CN(C(=O)c3ccc(OC)nc3)CC(=O)N21. The highest BCUT2D eigenvalue weighted by molar-refractivity contribution is 5.97. The van der Waals surface area contributed by atoms with Gasteiger partial charge >= 0.3 is 5.97 Å². The van der Waals surface area contributed by atoms with E-state index >= 15 is 0 Å². The van der Waals surface area contributed by atoms with Gasteiger partial charge in [0.05, 0.1) is 31.7 Å². The summed E-state index contributed by atoms with van der Waals surface area (Å²) < 4.78 is 9.89. The monoisotopic (exact) mass is 361 g/mol. The van der Waals surface area contributed by atoms with E-state index in [4.69, 9.17) is 9.47 Å². The maximum Gasteiger partial charge on any atom is 0.310 e. The summed E-state index contributed by atoms with van der Waals surface area (Å²) in [7, 11) is 2.87. The van der Waals surface area contributed by atoms with Crippen molar-refractivity contribution in [3.63, 3.8) is 0 Å². The van der Waals surface area contributed by atoms with Crippen LogP contribution in [-0.2, 0) is 14.3 Å². The second-order valence-electron chi connectivity index (χ2n) is 6.57. The van der Waals surface area contributed by atoms with Crippen molar-refractivity contribution in [1.82, 2.24) is 14.8 Å². The Balaban J connectivity index is 1.77. The van der Waals surface area contributed by atoms with Crippen LogP contribution < -0.4 is 4.74 Å². The number of methoxy groups -OCH3 is 2. The highest BCUT2D eigenvalue weighted by atomic mass is 16.5. The molecule has 0 radical (unpaired) electrons. The number of hydrogen-bond donors (Lipinski definition) is 0. The molecule has 0 unspecified atom stereocenters. The predicted octanol–water partition coefficient (Wildman–Crippen LogP) is 0.715. The Morgan fingerprint density at radius 1 is 1.31 bits per heavy atom. The first-order chi connectivity index (χ1) is 12.5. The van der Waals surface area contributed by atoms with Crippen LogP contribution in [0.2, 0.25) is 0 Å². The van der Waals surface area contributed by atoms with E-state index in [2.05, 4.69) is 4.98 Å². The number of carbonyl (C=O) groups is 3. The number of rotatable bonds is 4. The predicted molar refractivity (Wildman–Crippen MR) is 91.5 cm³/mol. The number of hydrogen-bond acceptors (Lipinski definition) is 6. The van der Waals surface area contributed by atoms with Crippen LogP contribution in [-0.4, -0.2) is 72.0 Å². The fourth-order valence-corrected chi connectivity index (χ4v) is 3.99. The van der Waals surface area contributed by atoms with Gasteiger partial charge in [-0.1, -0.05) is 6.92 Å². The lowest BCUT2D eigenvalue weighted by atomic mass is 9.97. The molecule has 1 aromatic heterocycles. The van der Waals surface area contributed by atoms with Crippen molar-refractivity contribution in [1.29, 1.82) is 0 Å². The largest absolute Gasteiger partial charge is 0.481 e. The summed E-state index contributed by atoms with van der Waals surface area (Å²) in [6, 6.07) is 2.91. The van der Waals surface area contributed by atoms with Gasteiger partial charge in [0, 0.05) is 24.8 Å². The molecule has 0 aliphatic carbocycles. The van der Waals surface area contributed by atoms with Crippen molar-refractivity contribution in [2.24, 2.45) is 5.92 Å². The molecule has 2 aliphatic rings. The first kappa shape index (κ1) is 18.2. The quantitative estimate of drug-likeness (QED) is 0.734. The molecule has 8 heteroatoms. The van der Waals surface area contributed by atoms with Crippen LogP contribution in [0, 0.1) is 5.92 Å². The fourth-order valence-electron chi connectivity index (χ4n) is 3.99. The number of aromatic nitrogens is 1. The summed E-state index contributed by atoms with van der Waals surface area (Å²) in [5.41, 5.74) is 0.404. The lowest BCUT2D eigenvalue weighted by molar-refractivity contribution is -0.147. The van der Waals surface area contributed by atoms with Crippen molar-refractivity contribution in [2.45, 2.75) is 31.8 Å². The lowest BCUT2D eigenvalue weighted by Gasteiger charge is -2.39. The molecule has 3 heterocycles. The van der Waals surface area contributed by atoms with Gasteiger partial charge in [-0.3, -0.25) is 14.4 Å². The molecule has 2 aliphatic heterocycles. The van der Waals surface area contributed by atoms with Crippen LogP contribution in [0.25, 0.3) is 0 Å². The third-order valence-corrected chi connectivity index (χ3v) is 5.19. The van der Waals surface area contributed by atoms with Crippen molar-refractivity contribution < 1.29 is 23.9 Å². The zero-order chi connectivity index (χ0) is 18.8. The minimum absolute atomic E-state index is 0.00571. The smallest absolute Gasteiger partial charge is 0.310 e. The minimum Gasteiger partial charge on any atom is -0.481 e. The van der Waals surface area contributed by atoms with Gasteiger partial charge in [-0.15, -0.1) is 0 Å². The molecule has 26 heavy (non-hydrogen) atoms. The van der Waals surface area contributed by atoms with Crippen molar-refractivity contribution in [3.05, 3.63) is 23.9 Å². The van der Waals surface area contributed by atoms with E-state index in [0.717, 1.165) is 0 Å². The molecule has 2 fully saturated rings. The highest BCUT2D eigenvalue weighted by Gasteiger charge is 2.49. The number of piperazine rings is 1. The van der Waals surface area contributed by atoms with E-state index in [1.165, 1.54) is 25.3 Å². The molecule has 0 bridgehead atoms. The Labute approximate surface area is 152 Å². The molecule has 0 aromatic carbocycles. The standard InChI is InChI=1S/C18H23N3O5/c1-4-14-13(18(24)26-3)7-12-9-20(10-16(22)21(12)14)17(23)11-5-6-15(25-2)19-8-11/h5-6,8,12-14H,4,7,9-10H2,1-3H3/t12-,13-,14-/m0/s1. The summed E-state index contributed by atoms with van der Waals surface area (Å²) in [5.74, 6) is -0.588. The van der Waals surface area contributed by atoms with Crippen LogP contribution in [0.1, 0.15) is 30.1 Å². The molecule has 0 saturated carbocycles. The molecular weight excluding hydrogens is 338 g/mol. The topological polar surface area (TPSA) is 89.0 Å². The van der Waals surface area contributed by atoms with E-state index in [-0.39, 0.29) is 42.3 Å². The van der Waals surface area contributed by atoms with Crippen LogP contribution >= 0.6 is 0 Å². The summed E-state index contributed by atoms with van der Waals surface area (Å²) in [4.78, 5) is 44.8. The average Bonchev–Trinajstić information content (AvgIpc) is 3.06. The minimum atomic E-state index is -0.336. The summed E-state index contributed by atoms with van der Waals surface area (Å²) in [6.45, 7) is 2.36. The number of amides is 2. The molecule has 3 rings (SSSR count). The molecular formula is C18H23N3O5. The van der Waals surface area contributed by atoms with Crippen LogP contribution in [0.5, 0.6) is 5.88 Å². The highest BCUT2D eigenvalue weighted by Crippen LogP contribution is 2.35. The first-order valence-corrected chi connectivity index (χ1v) is 8.68. The summed E-state index contributed by atoms with van der Waals surface area (Å²) in [5, 5.41) is 0. The normalized spacial score (nSPS) is 25.0. The van der Waals surface area contributed by atoms with Crippen molar-refractivity contribution in [2.75, 3.05) is 27.3 Å². The van der Waals surface area contributed by atoms with Crippen molar-refractivity contribution >= 4 is 17.8 Å². The van der Waals surface area contributed by atoms with E-state index in [0.29, 0.717) is 30.8 Å². The number of carbonyl (C=O) groups excluding carboxylic acids is 3. The van der Waals surface area contributed by atoms with Crippen LogP contribution in [0.4, 0.5) is 0 Å². The zero-order valence-electron chi connectivity index (χ0n) is 15.2. The number of nitrogens with zero attached hydrogens (tertiary/aromatic N) is 3. The molecule has 2 amide bonds. The van der Waals surface area contributed by atoms with E-state index in [1.54, 1.807) is 17.0 Å². The Morgan fingerprint density at radius 3 is 2.65 bits per heavy atom. The van der Waals surface area contributed by atoms with Gasteiger partial charge in [0.2, 0.25) is 11.8 Å².